The van der Waals surface area contributed by atoms with E-state index in [9.17, 15) is 0 Å². The first-order valence-corrected chi connectivity index (χ1v) is 11.4. The topological polar surface area (TPSA) is 90.7 Å². The van der Waals surface area contributed by atoms with E-state index in [0.717, 1.165) is 34.6 Å². The number of fused-ring (bicyclic) bond motifs is 3. The van der Waals surface area contributed by atoms with Crippen LogP contribution in [0.1, 0.15) is 41.4 Å². The van der Waals surface area contributed by atoms with Gasteiger partial charge < -0.3 is 10.2 Å². The van der Waals surface area contributed by atoms with Gasteiger partial charge in [0.1, 0.15) is 16.5 Å². The van der Waals surface area contributed by atoms with Crippen molar-refractivity contribution >= 4 is 50.9 Å². The molecule has 4 rings (SSSR count). The van der Waals surface area contributed by atoms with Gasteiger partial charge in [0, 0.05) is 4.88 Å². The third-order valence-corrected chi connectivity index (χ3v) is 6.72. The van der Waals surface area contributed by atoms with E-state index in [2.05, 4.69) is 15.2 Å². The first-order chi connectivity index (χ1) is 12.2. The van der Waals surface area contributed by atoms with Crippen LogP contribution in [-0.4, -0.2) is 26.4 Å². The van der Waals surface area contributed by atoms with Crippen molar-refractivity contribution in [3.8, 4) is 0 Å². The second-order valence-electron chi connectivity index (χ2n) is 5.95. The molecule has 0 aliphatic heterocycles. The molecular formula is C16H19N5OS3. The van der Waals surface area contributed by atoms with Gasteiger partial charge in [-0.2, -0.15) is 11.8 Å². The molecule has 1 aliphatic rings. The summed E-state index contributed by atoms with van der Waals surface area (Å²) in [6, 6.07) is 0. The molecule has 3 aromatic heterocycles. The number of nitrogens with zero attached hydrogens (tertiary/aromatic N) is 4. The zero-order valence-electron chi connectivity index (χ0n) is 13.9. The lowest BCUT2D eigenvalue weighted by atomic mass is 10.1. The lowest BCUT2D eigenvalue weighted by molar-refractivity contribution is 0.426. The van der Waals surface area contributed by atoms with Crippen LogP contribution in [0.3, 0.4) is 0 Å². The molecule has 3 heterocycles. The maximum atomic E-state index is 6.28. The van der Waals surface area contributed by atoms with Crippen LogP contribution in [0.15, 0.2) is 9.64 Å². The van der Waals surface area contributed by atoms with E-state index in [4.69, 9.17) is 15.1 Å². The van der Waals surface area contributed by atoms with E-state index in [1.165, 1.54) is 41.5 Å². The van der Waals surface area contributed by atoms with Gasteiger partial charge in [-0.3, -0.25) is 0 Å². The number of thiophene rings is 1. The fraction of sp³-hybridized carbons (Fsp3) is 0.500. The summed E-state index contributed by atoms with van der Waals surface area (Å²) in [5.41, 5.74) is 7.66. The minimum atomic E-state index is 0.549. The summed E-state index contributed by atoms with van der Waals surface area (Å²) in [7, 11) is 0. The molecule has 132 valence electrons. The van der Waals surface area contributed by atoms with E-state index < -0.39 is 0 Å². The van der Waals surface area contributed by atoms with Crippen molar-refractivity contribution in [2.24, 2.45) is 0 Å². The van der Waals surface area contributed by atoms with Crippen LogP contribution in [0.2, 0.25) is 0 Å². The van der Waals surface area contributed by atoms with E-state index in [0.29, 0.717) is 22.7 Å². The van der Waals surface area contributed by atoms with Crippen LogP contribution >= 0.6 is 34.9 Å². The highest BCUT2D eigenvalue weighted by molar-refractivity contribution is 7.98. The molecule has 0 amide bonds. The van der Waals surface area contributed by atoms with Gasteiger partial charge in [-0.05, 0) is 37.5 Å². The van der Waals surface area contributed by atoms with Crippen molar-refractivity contribution in [1.82, 2.24) is 20.2 Å². The zero-order valence-corrected chi connectivity index (χ0v) is 16.4. The summed E-state index contributed by atoms with van der Waals surface area (Å²) in [6.07, 6.45) is 8.01. The van der Waals surface area contributed by atoms with Crippen molar-refractivity contribution in [2.45, 2.75) is 48.8 Å². The molecule has 25 heavy (non-hydrogen) atoms. The summed E-state index contributed by atoms with van der Waals surface area (Å²) < 4.78 is 5.58. The van der Waals surface area contributed by atoms with E-state index in [1.54, 1.807) is 23.1 Å². The predicted octanol–water partition coefficient (Wildman–Crippen LogP) is 4.08. The summed E-state index contributed by atoms with van der Waals surface area (Å²) in [5.74, 6) is 3.27. The van der Waals surface area contributed by atoms with Crippen LogP contribution in [0.4, 0.5) is 5.82 Å². The van der Waals surface area contributed by atoms with Gasteiger partial charge in [0.05, 0.1) is 16.9 Å². The van der Waals surface area contributed by atoms with Gasteiger partial charge in [-0.15, -0.1) is 21.5 Å². The van der Waals surface area contributed by atoms with Crippen LogP contribution in [0.25, 0.3) is 10.2 Å². The fourth-order valence-corrected chi connectivity index (χ4v) is 5.36. The van der Waals surface area contributed by atoms with Crippen LogP contribution < -0.4 is 5.73 Å². The summed E-state index contributed by atoms with van der Waals surface area (Å²) >= 11 is 4.88. The number of nitrogens with two attached hydrogens (primary N) is 1. The highest BCUT2D eigenvalue weighted by Crippen LogP contribution is 2.37. The number of rotatable bonds is 5. The third-order valence-electron chi connectivity index (χ3n) is 4.18. The Kier molecular flexibility index (Phi) is 5.14. The predicted molar refractivity (Wildman–Crippen MR) is 104 cm³/mol. The molecule has 0 atom stereocenters. The second kappa shape index (κ2) is 7.51. The van der Waals surface area contributed by atoms with Crippen LogP contribution in [-0.2, 0) is 24.3 Å². The zero-order chi connectivity index (χ0) is 17.2. The number of hydrogen-bond acceptors (Lipinski definition) is 9. The number of thioether (sulfide) groups is 2. The minimum Gasteiger partial charge on any atom is -0.415 e. The van der Waals surface area contributed by atoms with E-state index in [-0.39, 0.29) is 0 Å². The molecular weight excluding hydrogens is 374 g/mol. The van der Waals surface area contributed by atoms with Crippen LogP contribution in [0, 0.1) is 0 Å². The SMILES string of the molecule is CSCc1nnc(SCc2nc(N)c3c4c(sc3n2)CCCCC4)o1. The van der Waals surface area contributed by atoms with Gasteiger partial charge in [-0.1, -0.05) is 18.2 Å². The molecule has 0 saturated carbocycles. The van der Waals surface area contributed by atoms with E-state index in [1.807, 2.05) is 6.26 Å². The molecule has 0 spiro atoms. The molecule has 0 radical (unpaired) electrons. The highest BCUT2D eigenvalue weighted by Gasteiger charge is 2.19. The largest absolute Gasteiger partial charge is 0.415 e. The van der Waals surface area contributed by atoms with Gasteiger partial charge in [0.2, 0.25) is 5.89 Å². The number of hydrogen-bond donors (Lipinski definition) is 1. The lowest BCUT2D eigenvalue weighted by Crippen LogP contribution is -2.00. The molecule has 0 fully saturated rings. The molecule has 0 bridgehead atoms. The van der Waals surface area contributed by atoms with Crippen molar-refractivity contribution in [1.29, 1.82) is 0 Å². The third kappa shape index (κ3) is 3.63. The van der Waals surface area contributed by atoms with Gasteiger partial charge >= 0.3 is 0 Å². The lowest BCUT2D eigenvalue weighted by Gasteiger charge is -2.03. The fourth-order valence-electron chi connectivity index (χ4n) is 3.08. The number of anilines is 1. The first kappa shape index (κ1) is 17.1. The Hall–Kier alpha value is -1.32. The average molecular weight is 394 g/mol. The molecule has 6 nitrogen and oxygen atoms in total. The van der Waals surface area contributed by atoms with Gasteiger partial charge in [-0.25, -0.2) is 9.97 Å². The number of nitrogen functional groups attached to an aromatic ring is 1. The Morgan fingerprint density at radius 2 is 2.00 bits per heavy atom. The quantitative estimate of drug-likeness (QED) is 0.512. The van der Waals surface area contributed by atoms with Crippen molar-refractivity contribution in [3.05, 3.63) is 22.2 Å². The molecule has 1 aliphatic carbocycles. The molecule has 0 saturated heterocycles. The van der Waals surface area contributed by atoms with Gasteiger partial charge in [0.15, 0.2) is 0 Å². The summed E-state index contributed by atoms with van der Waals surface area (Å²) in [5, 5.41) is 9.69. The van der Waals surface area contributed by atoms with Gasteiger partial charge in [0.25, 0.3) is 5.22 Å². The average Bonchev–Trinajstić information content (AvgIpc) is 3.11. The normalized spacial score (nSPS) is 14.6. The number of aryl methyl sites for hydroxylation is 2. The van der Waals surface area contributed by atoms with Crippen molar-refractivity contribution < 1.29 is 4.42 Å². The first-order valence-electron chi connectivity index (χ1n) is 8.25. The van der Waals surface area contributed by atoms with Crippen molar-refractivity contribution in [2.75, 3.05) is 12.0 Å². The molecule has 0 unspecified atom stereocenters. The molecule has 9 heteroatoms. The minimum absolute atomic E-state index is 0.549. The van der Waals surface area contributed by atoms with E-state index >= 15 is 0 Å². The summed E-state index contributed by atoms with van der Waals surface area (Å²) in [6.45, 7) is 0. The maximum absolute atomic E-state index is 6.28. The Morgan fingerprint density at radius 1 is 1.12 bits per heavy atom. The van der Waals surface area contributed by atoms with Crippen LogP contribution in [0.5, 0.6) is 0 Å². The Balaban J connectivity index is 1.56. The number of aromatic nitrogens is 4. The smallest absolute Gasteiger partial charge is 0.277 e. The molecule has 0 aromatic carbocycles. The Morgan fingerprint density at radius 3 is 2.88 bits per heavy atom. The summed E-state index contributed by atoms with van der Waals surface area (Å²) in [4.78, 5) is 11.7. The molecule has 2 N–H and O–H groups in total. The van der Waals surface area contributed by atoms with Crippen molar-refractivity contribution in [3.63, 3.8) is 0 Å². The second-order valence-corrected chi connectivity index (χ2v) is 8.83. The Bertz CT molecular complexity index is 891. The standard InChI is InChI=1S/C16H19N5OS3/c1-23-8-12-20-21-16(22-12)24-7-11-18-14(17)13-9-5-3-2-4-6-10(9)25-15(13)19-11/h2-8H2,1H3,(H2,17,18,19). The Labute approximate surface area is 158 Å². The highest BCUT2D eigenvalue weighted by atomic mass is 32.2. The molecule has 3 aromatic rings. The monoisotopic (exact) mass is 393 g/mol. The maximum Gasteiger partial charge on any atom is 0.277 e.